The molecule has 2 N–H and O–H groups in total. The van der Waals surface area contributed by atoms with Crippen LogP contribution in [0, 0.1) is 0 Å². The van der Waals surface area contributed by atoms with Crippen LogP contribution in [0.15, 0.2) is 29.1 Å². The second-order valence-corrected chi connectivity index (χ2v) is 7.58. The van der Waals surface area contributed by atoms with Gasteiger partial charge in [0.25, 0.3) is 0 Å². The Kier molecular flexibility index (Phi) is 4.27. The third-order valence-electron chi connectivity index (χ3n) is 5.21. The number of nitrogen functional groups attached to an aromatic ring is 1. The molecule has 0 saturated heterocycles. The van der Waals surface area contributed by atoms with E-state index in [0.29, 0.717) is 23.1 Å². The summed E-state index contributed by atoms with van der Waals surface area (Å²) in [6.07, 6.45) is 5.81. The van der Waals surface area contributed by atoms with Gasteiger partial charge in [0.2, 0.25) is 11.8 Å². The number of hydrogen-bond donors (Lipinski definition) is 1. The smallest absolute Gasteiger partial charge is 0.245 e. The first-order valence-electron chi connectivity index (χ1n) is 9.77. The summed E-state index contributed by atoms with van der Waals surface area (Å²) in [6, 6.07) is 1.78. The highest BCUT2D eigenvalue weighted by molar-refractivity contribution is 5.58. The molecule has 0 amide bonds. The van der Waals surface area contributed by atoms with Crippen LogP contribution in [0.4, 0.5) is 5.95 Å². The molecule has 4 aromatic rings. The molecule has 0 aliphatic carbocycles. The molecule has 10 nitrogen and oxygen atoms in total. The van der Waals surface area contributed by atoms with E-state index in [2.05, 4.69) is 48.3 Å². The quantitative estimate of drug-likeness (QED) is 0.545. The fourth-order valence-electron chi connectivity index (χ4n) is 3.79. The molecule has 29 heavy (non-hydrogen) atoms. The Morgan fingerprint density at radius 2 is 2.10 bits per heavy atom. The van der Waals surface area contributed by atoms with Crippen LogP contribution >= 0.6 is 0 Å². The molecule has 10 heteroatoms. The van der Waals surface area contributed by atoms with Crippen molar-refractivity contribution in [1.29, 1.82) is 0 Å². The summed E-state index contributed by atoms with van der Waals surface area (Å²) in [5.74, 6) is 3.03. The van der Waals surface area contributed by atoms with E-state index in [1.54, 1.807) is 16.8 Å². The Bertz CT molecular complexity index is 1140. The summed E-state index contributed by atoms with van der Waals surface area (Å²) in [6.45, 7) is 8.10. The third-order valence-corrected chi connectivity index (χ3v) is 5.21. The normalized spacial score (nSPS) is 14.7. The van der Waals surface area contributed by atoms with Gasteiger partial charge in [-0.25, -0.2) is 19.9 Å². The maximum absolute atomic E-state index is 6.05. The number of aromatic nitrogens is 7. The van der Waals surface area contributed by atoms with Crippen LogP contribution in [0.5, 0.6) is 0 Å². The Morgan fingerprint density at radius 3 is 2.90 bits per heavy atom. The minimum Gasteiger partial charge on any atom is -0.443 e. The topological polar surface area (TPSA) is 116 Å². The van der Waals surface area contributed by atoms with Crippen molar-refractivity contribution in [2.45, 2.75) is 39.3 Å². The number of anilines is 1. The lowest BCUT2D eigenvalue weighted by molar-refractivity contribution is 0.220. The Hall–Kier alpha value is -3.27. The number of fused-ring (bicyclic) bond motifs is 2. The SMILES string of the molecule is CC(C)c1ncc2n1CCN(CCc1nc3cc(-c4ncco4)nc(N)n3n1)C2. The summed E-state index contributed by atoms with van der Waals surface area (Å²) < 4.78 is 9.21. The van der Waals surface area contributed by atoms with Crippen molar-refractivity contribution in [3.8, 4) is 11.6 Å². The summed E-state index contributed by atoms with van der Waals surface area (Å²) >= 11 is 0. The van der Waals surface area contributed by atoms with E-state index in [0.717, 1.165) is 38.4 Å². The highest BCUT2D eigenvalue weighted by Crippen LogP contribution is 2.21. The molecule has 0 saturated carbocycles. The average molecular weight is 393 g/mol. The second kappa shape index (κ2) is 6.96. The van der Waals surface area contributed by atoms with E-state index < -0.39 is 0 Å². The van der Waals surface area contributed by atoms with E-state index >= 15 is 0 Å². The van der Waals surface area contributed by atoms with Crippen LogP contribution in [0.1, 0.15) is 37.1 Å². The predicted octanol–water partition coefficient (Wildman–Crippen LogP) is 1.74. The zero-order valence-corrected chi connectivity index (χ0v) is 16.5. The summed E-state index contributed by atoms with van der Waals surface area (Å²) in [5, 5.41) is 4.51. The second-order valence-electron chi connectivity index (χ2n) is 7.58. The maximum atomic E-state index is 6.05. The molecule has 0 atom stereocenters. The van der Waals surface area contributed by atoms with Crippen LogP contribution in [0.25, 0.3) is 17.2 Å². The molecule has 0 unspecified atom stereocenters. The number of rotatable bonds is 5. The van der Waals surface area contributed by atoms with E-state index in [9.17, 15) is 0 Å². The van der Waals surface area contributed by atoms with Gasteiger partial charge in [-0.3, -0.25) is 4.90 Å². The number of nitrogens with two attached hydrogens (primary N) is 1. The van der Waals surface area contributed by atoms with E-state index in [4.69, 9.17) is 10.2 Å². The zero-order chi connectivity index (χ0) is 20.0. The molecular formula is C19H23N9O. The molecule has 4 aromatic heterocycles. The lowest BCUT2D eigenvalue weighted by Gasteiger charge is -2.29. The average Bonchev–Trinajstić information content (AvgIpc) is 3.44. The molecule has 1 aliphatic rings. The van der Waals surface area contributed by atoms with Gasteiger partial charge in [0.1, 0.15) is 17.8 Å². The van der Waals surface area contributed by atoms with E-state index in [1.807, 2.05) is 6.20 Å². The van der Waals surface area contributed by atoms with Crippen molar-refractivity contribution in [1.82, 2.24) is 39.0 Å². The van der Waals surface area contributed by atoms with Gasteiger partial charge in [-0.1, -0.05) is 13.8 Å². The molecule has 150 valence electrons. The van der Waals surface area contributed by atoms with Crippen molar-refractivity contribution < 1.29 is 4.42 Å². The zero-order valence-electron chi connectivity index (χ0n) is 16.5. The van der Waals surface area contributed by atoms with Gasteiger partial charge in [-0.05, 0) is 0 Å². The number of oxazole rings is 1. The number of imidazole rings is 1. The minimum absolute atomic E-state index is 0.262. The van der Waals surface area contributed by atoms with E-state index in [1.165, 1.54) is 17.8 Å². The van der Waals surface area contributed by atoms with Crippen molar-refractivity contribution in [3.63, 3.8) is 0 Å². The molecule has 0 bridgehead atoms. The van der Waals surface area contributed by atoms with Gasteiger partial charge in [0, 0.05) is 50.8 Å². The minimum atomic E-state index is 0.262. The Labute approximate surface area is 167 Å². The van der Waals surface area contributed by atoms with Crippen LogP contribution in [-0.4, -0.2) is 52.1 Å². The summed E-state index contributed by atoms with van der Waals surface area (Å²) in [5.41, 5.74) is 8.51. The monoisotopic (exact) mass is 393 g/mol. The molecular weight excluding hydrogens is 370 g/mol. The Morgan fingerprint density at radius 1 is 1.21 bits per heavy atom. The first-order valence-corrected chi connectivity index (χ1v) is 9.77. The van der Waals surface area contributed by atoms with Gasteiger partial charge in [-0.15, -0.1) is 5.10 Å². The standard InChI is InChI=1S/C19H23N9O/c1-12(2)17-22-10-13-11-26(6-7-27(13)17)5-3-15-24-16-9-14(18-21-4-8-29-18)23-19(20)28(16)25-15/h4,8-10,12H,3,5-7,11H2,1-2H3,(H2,20,23). The lowest BCUT2D eigenvalue weighted by Crippen LogP contribution is -2.35. The van der Waals surface area contributed by atoms with Crippen molar-refractivity contribution in [2.75, 3.05) is 18.8 Å². The number of nitrogens with zero attached hydrogens (tertiary/aromatic N) is 8. The van der Waals surface area contributed by atoms with Gasteiger partial charge >= 0.3 is 0 Å². The predicted molar refractivity (Wildman–Crippen MR) is 106 cm³/mol. The van der Waals surface area contributed by atoms with Crippen molar-refractivity contribution >= 4 is 11.6 Å². The molecule has 1 aliphatic heterocycles. The van der Waals surface area contributed by atoms with Crippen LogP contribution in [0.2, 0.25) is 0 Å². The van der Waals surface area contributed by atoms with Crippen LogP contribution in [0.3, 0.4) is 0 Å². The molecule has 5 heterocycles. The van der Waals surface area contributed by atoms with Gasteiger partial charge in [-0.2, -0.15) is 4.52 Å². The first kappa shape index (κ1) is 17.8. The largest absolute Gasteiger partial charge is 0.443 e. The van der Waals surface area contributed by atoms with Gasteiger partial charge in [0.05, 0.1) is 11.9 Å². The van der Waals surface area contributed by atoms with E-state index in [-0.39, 0.29) is 5.95 Å². The van der Waals surface area contributed by atoms with Crippen LogP contribution < -0.4 is 5.73 Å². The summed E-state index contributed by atoms with van der Waals surface area (Å²) in [7, 11) is 0. The highest BCUT2D eigenvalue weighted by atomic mass is 16.3. The summed E-state index contributed by atoms with van der Waals surface area (Å²) in [4.78, 5) is 20.0. The van der Waals surface area contributed by atoms with Crippen molar-refractivity contribution in [3.05, 3.63) is 42.1 Å². The molecule has 0 aromatic carbocycles. The Balaban J connectivity index is 1.30. The molecule has 0 fully saturated rings. The molecule has 5 rings (SSSR count). The number of hydrogen-bond acceptors (Lipinski definition) is 8. The third kappa shape index (κ3) is 3.25. The fraction of sp³-hybridized carbons (Fsp3) is 0.421. The van der Waals surface area contributed by atoms with Crippen LogP contribution in [-0.2, 0) is 19.5 Å². The molecule has 0 spiro atoms. The molecule has 0 radical (unpaired) electrons. The van der Waals surface area contributed by atoms with Crippen molar-refractivity contribution in [2.24, 2.45) is 0 Å². The van der Waals surface area contributed by atoms with Gasteiger partial charge in [0.15, 0.2) is 11.5 Å². The van der Waals surface area contributed by atoms with Gasteiger partial charge < -0.3 is 14.7 Å². The maximum Gasteiger partial charge on any atom is 0.245 e. The lowest BCUT2D eigenvalue weighted by atomic mass is 10.2. The fourth-order valence-corrected chi connectivity index (χ4v) is 3.79. The first-order chi connectivity index (χ1) is 14.1. The highest BCUT2D eigenvalue weighted by Gasteiger charge is 2.21.